The molecule has 2 aliphatic heterocycles. The fourth-order valence-electron chi connectivity index (χ4n) is 1.81. The molecule has 2 amide bonds. The molecular weight excluding hydrogens is 172 g/mol. The van der Waals surface area contributed by atoms with Crippen LogP contribution < -0.4 is 5.32 Å². The Balaban J connectivity index is 1.89. The van der Waals surface area contributed by atoms with Gasteiger partial charge in [0.05, 0.1) is 12.5 Å². The van der Waals surface area contributed by atoms with Crippen molar-refractivity contribution < 1.29 is 14.7 Å². The van der Waals surface area contributed by atoms with Crippen LogP contribution in [0.2, 0.25) is 0 Å². The number of hydrogen-bond acceptors (Lipinski definition) is 4. The third kappa shape index (κ3) is 1.45. The van der Waals surface area contributed by atoms with Crippen molar-refractivity contribution in [2.24, 2.45) is 5.92 Å². The van der Waals surface area contributed by atoms with Crippen molar-refractivity contribution in [1.29, 1.82) is 0 Å². The van der Waals surface area contributed by atoms with Crippen LogP contribution in [0.5, 0.6) is 0 Å². The van der Waals surface area contributed by atoms with Crippen molar-refractivity contribution in [2.75, 3.05) is 19.7 Å². The molecule has 0 aromatic heterocycles. The van der Waals surface area contributed by atoms with Gasteiger partial charge < -0.3 is 5.11 Å². The van der Waals surface area contributed by atoms with E-state index in [4.69, 9.17) is 5.11 Å². The van der Waals surface area contributed by atoms with E-state index >= 15 is 0 Å². The molecule has 0 saturated carbocycles. The van der Waals surface area contributed by atoms with E-state index in [9.17, 15) is 9.59 Å². The van der Waals surface area contributed by atoms with Crippen LogP contribution in [-0.4, -0.2) is 47.6 Å². The first-order valence-corrected chi connectivity index (χ1v) is 4.39. The summed E-state index contributed by atoms with van der Waals surface area (Å²) in [5, 5.41) is 11.0. The standard InChI is InChI=1S/C8H12N2O3/c11-4-5-2-10(3-5)6-1-7(12)9-8(6)13/h5-6,11H,1-4H2,(H,9,12,13). The van der Waals surface area contributed by atoms with Crippen LogP contribution in [0.4, 0.5) is 0 Å². The minimum Gasteiger partial charge on any atom is -0.396 e. The first kappa shape index (κ1) is 8.65. The number of carbonyl (C=O) groups is 2. The van der Waals surface area contributed by atoms with Gasteiger partial charge in [-0.15, -0.1) is 0 Å². The second-order valence-corrected chi connectivity index (χ2v) is 3.63. The van der Waals surface area contributed by atoms with Gasteiger partial charge in [0.2, 0.25) is 11.8 Å². The van der Waals surface area contributed by atoms with Gasteiger partial charge in [0.15, 0.2) is 0 Å². The van der Waals surface area contributed by atoms with Gasteiger partial charge >= 0.3 is 0 Å². The summed E-state index contributed by atoms with van der Waals surface area (Å²) in [5.74, 6) is -0.104. The van der Waals surface area contributed by atoms with Crippen LogP contribution in [0.3, 0.4) is 0 Å². The van der Waals surface area contributed by atoms with Gasteiger partial charge in [-0.2, -0.15) is 0 Å². The smallest absolute Gasteiger partial charge is 0.244 e. The third-order valence-electron chi connectivity index (χ3n) is 2.63. The molecule has 5 nitrogen and oxygen atoms in total. The summed E-state index contributed by atoms with van der Waals surface area (Å²) in [7, 11) is 0. The average molecular weight is 184 g/mol. The molecule has 0 aromatic carbocycles. The Bertz CT molecular complexity index is 248. The van der Waals surface area contributed by atoms with Crippen molar-refractivity contribution >= 4 is 11.8 Å². The van der Waals surface area contributed by atoms with Crippen LogP contribution in [0.1, 0.15) is 6.42 Å². The molecule has 2 aliphatic rings. The lowest BCUT2D eigenvalue weighted by molar-refractivity contribution is -0.127. The third-order valence-corrected chi connectivity index (χ3v) is 2.63. The molecule has 0 aromatic rings. The van der Waals surface area contributed by atoms with E-state index in [2.05, 4.69) is 5.32 Å². The first-order chi connectivity index (χ1) is 6.20. The Morgan fingerprint density at radius 3 is 2.62 bits per heavy atom. The van der Waals surface area contributed by atoms with E-state index < -0.39 is 0 Å². The summed E-state index contributed by atoms with van der Waals surface area (Å²) in [6.45, 7) is 1.61. The molecule has 2 saturated heterocycles. The maximum atomic E-state index is 11.2. The molecule has 0 aliphatic carbocycles. The van der Waals surface area contributed by atoms with Gasteiger partial charge in [-0.05, 0) is 0 Å². The molecule has 13 heavy (non-hydrogen) atoms. The summed E-state index contributed by atoms with van der Waals surface area (Å²) >= 11 is 0. The van der Waals surface area contributed by atoms with Gasteiger partial charge in [0.1, 0.15) is 0 Å². The highest BCUT2D eigenvalue weighted by Gasteiger charge is 2.40. The van der Waals surface area contributed by atoms with Gasteiger partial charge in [-0.25, -0.2) is 0 Å². The van der Waals surface area contributed by atoms with Crippen LogP contribution in [0, 0.1) is 5.92 Å². The SMILES string of the molecule is O=C1CC(N2CC(CO)C2)C(=O)N1. The van der Waals surface area contributed by atoms with E-state index in [1.165, 1.54) is 0 Å². The molecule has 0 radical (unpaired) electrons. The quantitative estimate of drug-likeness (QED) is 0.503. The monoisotopic (exact) mass is 184 g/mol. The number of amides is 2. The summed E-state index contributed by atoms with van der Waals surface area (Å²) in [5.41, 5.74) is 0. The fourth-order valence-corrected chi connectivity index (χ4v) is 1.81. The highest BCUT2D eigenvalue weighted by atomic mass is 16.3. The van der Waals surface area contributed by atoms with Crippen LogP contribution >= 0.6 is 0 Å². The molecule has 2 fully saturated rings. The van der Waals surface area contributed by atoms with E-state index in [-0.39, 0.29) is 36.8 Å². The van der Waals surface area contributed by atoms with Crippen molar-refractivity contribution in [3.05, 3.63) is 0 Å². The largest absolute Gasteiger partial charge is 0.396 e. The molecule has 0 bridgehead atoms. The lowest BCUT2D eigenvalue weighted by atomic mass is 9.98. The molecule has 72 valence electrons. The fraction of sp³-hybridized carbons (Fsp3) is 0.750. The van der Waals surface area contributed by atoms with Crippen LogP contribution in [0.25, 0.3) is 0 Å². The molecule has 5 heteroatoms. The average Bonchev–Trinajstić information content (AvgIpc) is 2.29. The van der Waals surface area contributed by atoms with Crippen molar-refractivity contribution in [1.82, 2.24) is 10.2 Å². The molecule has 1 unspecified atom stereocenters. The maximum absolute atomic E-state index is 11.2. The van der Waals surface area contributed by atoms with E-state index in [1.807, 2.05) is 4.90 Å². The van der Waals surface area contributed by atoms with Gasteiger partial charge in [-0.3, -0.25) is 19.8 Å². The molecule has 0 spiro atoms. The Labute approximate surface area is 75.7 Å². The Morgan fingerprint density at radius 1 is 1.46 bits per heavy atom. The first-order valence-electron chi connectivity index (χ1n) is 4.39. The van der Waals surface area contributed by atoms with Gasteiger partial charge in [0, 0.05) is 25.6 Å². The second-order valence-electron chi connectivity index (χ2n) is 3.63. The number of rotatable bonds is 2. The predicted octanol–water partition coefficient (Wildman–Crippen LogP) is -1.67. The Morgan fingerprint density at radius 2 is 2.15 bits per heavy atom. The van der Waals surface area contributed by atoms with Gasteiger partial charge in [0.25, 0.3) is 0 Å². The summed E-state index contributed by atoms with van der Waals surface area (Å²) in [4.78, 5) is 24.0. The summed E-state index contributed by atoms with van der Waals surface area (Å²) in [6.07, 6.45) is 0.275. The van der Waals surface area contributed by atoms with Crippen molar-refractivity contribution in [3.63, 3.8) is 0 Å². The van der Waals surface area contributed by atoms with E-state index in [0.29, 0.717) is 0 Å². The molecule has 2 rings (SSSR count). The summed E-state index contributed by atoms with van der Waals surface area (Å²) in [6, 6.07) is -0.282. The highest BCUT2D eigenvalue weighted by molar-refractivity contribution is 6.05. The predicted molar refractivity (Wildman–Crippen MR) is 43.7 cm³/mol. The van der Waals surface area contributed by atoms with E-state index in [0.717, 1.165) is 13.1 Å². The molecule has 1 atom stereocenters. The highest BCUT2D eigenvalue weighted by Crippen LogP contribution is 2.21. The normalized spacial score (nSPS) is 30.4. The number of likely N-dealkylation sites (tertiary alicyclic amines) is 1. The number of aliphatic hydroxyl groups is 1. The minimum absolute atomic E-state index is 0.165. The minimum atomic E-state index is -0.282. The zero-order valence-electron chi connectivity index (χ0n) is 7.19. The molecule has 2 N–H and O–H groups in total. The topological polar surface area (TPSA) is 69.6 Å². The lowest BCUT2D eigenvalue weighted by Crippen LogP contribution is -2.55. The summed E-state index contributed by atoms with van der Waals surface area (Å²) < 4.78 is 0. The van der Waals surface area contributed by atoms with Crippen molar-refractivity contribution in [2.45, 2.75) is 12.5 Å². The maximum Gasteiger partial charge on any atom is 0.244 e. The van der Waals surface area contributed by atoms with Gasteiger partial charge in [-0.1, -0.05) is 0 Å². The second kappa shape index (κ2) is 3.08. The Kier molecular flexibility index (Phi) is 2.05. The number of nitrogens with zero attached hydrogens (tertiary/aromatic N) is 1. The van der Waals surface area contributed by atoms with Crippen molar-refractivity contribution in [3.8, 4) is 0 Å². The number of aliphatic hydroxyl groups excluding tert-OH is 1. The number of hydrogen-bond donors (Lipinski definition) is 2. The zero-order valence-corrected chi connectivity index (χ0v) is 7.19. The lowest BCUT2D eigenvalue weighted by Gasteiger charge is -2.40. The molecular formula is C8H12N2O3. The Hall–Kier alpha value is -0.940. The van der Waals surface area contributed by atoms with E-state index in [1.54, 1.807) is 0 Å². The number of imide groups is 1. The van der Waals surface area contributed by atoms with Crippen LogP contribution in [-0.2, 0) is 9.59 Å². The number of carbonyl (C=O) groups excluding carboxylic acids is 2. The zero-order chi connectivity index (χ0) is 9.42. The van der Waals surface area contributed by atoms with Crippen LogP contribution in [0.15, 0.2) is 0 Å². The molecule has 2 heterocycles. The number of nitrogens with one attached hydrogen (secondary N) is 1.